The van der Waals surface area contributed by atoms with Gasteiger partial charge in [-0.25, -0.2) is 9.97 Å². The van der Waals surface area contributed by atoms with Gasteiger partial charge in [0.15, 0.2) is 5.82 Å². The Balaban J connectivity index is 1.87. The van der Waals surface area contributed by atoms with Crippen LogP contribution in [0.4, 0.5) is 5.82 Å². The number of carbonyl (C=O) groups excluding carboxylic acids is 1. The van der Waals surface area contributed by atoms with E-state index < -0.39 is 0 Å². The third-order valence-electron chi connectivity index (χ3n) is 2.40. The predicted octanol–water partition coefficient (Wildman–Crippen LogP) is -0.381. The van der Waals surface area contributed by atoms with E-state index in [9.17, 15) is 4.79 Å². The third-order valence-corrected chi connectivity index (χ3v) is 2.40. The first-order chi connectivity index (χ1) is 9.19. The Morgan fingerprint density at radius 3 is 2.95 bits per heavy atom. The number of hydrogen-bond donors (Lipinski definition) is 2. The quantitative estimate of drug-likeness (QED) is 0.761. The van der Waals surface area contributed by atoms with Gasteiger partial charge in [-0.1, -0.05) is 0 Å². The lowest BCUT2D eigenvalue weighted by atomic mass is 10.3. The molecule has 2 aromatic rings. The number of nitrogens with zero attached hydrogens (tertiary/aromatic N) is 5. The molecule has 0 bridgehead atoms. The first kappa shape index (κ1) is 12.9. The van der Waals surface area contributed by atoms with Gasteiger partial charge in [0.2, 0.25) is 0 Å². The van der Waals surface area contributed by atoms with E-state index in [-0.39, 0.29) is 11.6 Å². The van der Waals surface area contributed by atoms with Crippen LogP contribution in [0.3, 0.4) is 0 Å². The molecule has 0 radical (unpaired) electrons. The van der Waals surface area contributed by atoms with Gasteiger partial charge in [0.05, 0.1) is 12.4 Å². The third kappa shape index (κ3) is 3.47. The summed E-state index contributed by atoms with van der Waals surface area (Å²) in [5.74, 6) is 0.984. The Morgan fingerprint density at radius 2 is 2.26 bits per heavy atom. The summed E-state index contributed by atoms with van der Waals surface area (Å²) in [6, 6.07) is 0. The number of anilines is 1. The summed E-state index contributed by atoms with van der Waals surface area (Å²) < 4.78 is 1.62. The van der Waals surface area contributed by atoms with Gasteiger partial charge in [0.1, 0.15) is 17.8 Å². The zero-order valence-electron chi connectivity index (χ0n) is 10.8. The van der Waals surface area contributed by atoms with E-state index >= 15 is 0 Å². The Hall–Kier alpha value is -2.51. The van der Waals surface area contributed by atoms with E-state index in [2.05, 4.69) is 30.7 Å². The van der Waals surface area contributed by atoms with Crippen molar-refractivity contribution < 1.29 is 4.79 Å². The first-order valence-corrected chi connectivity index (χ1v) is 5.81. The summed E-state index contributed by atoms with van der Waals surface area (Å²) in [5.41, 5.74) is 0.279. The SMILES string of the molecule is CNc1cncc(C(=O)NCCc2ncn(C)n2)n1. The molecule has 0 fully saturated rings. The normalized spacial score (nSPS) is 10.2. The molecule has 2 N–H and O–H groups in total. The molecule has 0 aliphatic heterocycles. The van der Waals surface area contributed by atoms with E-state index in [0.29, 0.717) is 24.6 Å². The van der Waals surface area contributed by atoms with E-state index in [1.807, 2.05) is 0 Å². The maximum atomic E-state index is 11.8. The van der Waals surface area contributed by atoms with Crippen LogP contribution in [0.25, 0.3) is 0 Å². The minimum absolute atomic E-state index is 0.263. The van der Waals surface area contributed by atoms with Crippen LogP contribution < -0.4 is 10.6 Å². The maximum Gasteiger partial charge on any atom is 0.271 e. The molecule has 0 aliphatic rings. The van der Waals surface area contributed by atoms with Crippen LogP contribution in [0.1, 0.15) is 16.3 Å². The molecule has 2 heterocycles. The second kappa shape index (κ2) is 5.89. The Labute approximate surface area is 110 Å². The van der Waals surface area contributed by atoms with Crippen molar-refractivity contribution in [1.82, 2.24) is 30.0 Å². The fraction of sp³-hybridized carbons (Fsp3) is 0.364. The predicted molar refractivity (Wildman–Crippen MR) is 68.6 cm³/mol. The van der Waals surface area contributed by atoms with Crippen molar-refractivity contribution >= 4 is 11.7 Å². The second-order valence-corrected chi connectivity index (χ2v) is 3.88. The number of aromatic nitrogens is 5. The second-order valence-electron chi connectivity index (χ2n) is 3.88. The number of amides is 1. The lowest BCUT2D eigenvalue weighted by Crippen LogP contribution is -2.27. The average molecular weight is 261 g/mol. The van der Waals surface area contributed by atoms with Gasteiger partial charge in [-0.2, -0.15) is 5.10 Å². The molecule has 19 heavy (non-hydrogen) atoms. The molecular weight excluding hydrogens is 246 g/mol. The van der Waals surface area contributed by atoms with Crippen LogP contribution in [-0.4, -0.2) is 44.2 Å². The molecule has 0 aliphatic carbocycles. The molecule has 0 unspecified atom stereocenters. The van der Waals surface area contributed by atoms with E-state index in [1.165, 1.54) is 6.20 Å². The van der Waals surface area contributed by atoms with Crippen LogP contribution in [0.5, 0.6) is 0 Å². The topological polar surface area (TPSA) is 97.6 Å². The molecule has 0 aromatic carbocycles. The Kier molecular flexibility index (Phi) is 4.01. The number of rotatable bonds is 5. The summed E-state index contributed by atoms with van der Waals surface area (Å²) in [6.45, 7) is 0.453. The van der Waals surface area contributed by atoms with Gasteiger partial charge in [-0.15, -0.1) is 0 Å². The van der Waals surface area contributed by atoms with E-state index in [4.69, 9.17) is 0 Å². The monoisotopic (exact) mass is 261 g/mol. The number of nitrogens with one attached hydrogen (secondary N) is 2. The maximum absolute atomic E-state index is 11.8. The summed E-state index contributed by atoms with van der Waals surface area (Å²) in [5, 5.41) is 9.70. The standard InChI is InChI=1S/C11H15N7O/c1-12-10-6-13-5-8(16-10)11(19)14-4-3-9-15-7-18(2)17-9/h5-7H,3-4H2,1-2H3,(H,12,16)(H,14,19). The molecular formula is C11H15N7O. The average Bonchev–Trinajstić information content (AvgIpc) is 2.84. The molecule has 8 nitrogen and oxygen atoms in total. The summed E-state index contributed by atoms with van der Waals surface area (Å²) in [4.78, 5) is 23.9. The number of carbonyl (C=O) groups is 1. The van der Waals surface area contributed by atoms with Crippen LogP contribution >= 0.6 is 0 Å². The molecule has 0 saturated heterocycles. The van der Waals surface area contributed by atoms with Crippen molar-refractivity contribution in [2.45, 2.75) is 6.42 Å². The van der Waals surface area contributed by atoms with Gasteiger partial charge in [-0.05, 0) is 0 Å². The molecule has 0 saturated carbocycles. The summed E-state index contributed by atoms with van der Waals surface area (Å²) >= 11 is 0. The summed E-state index contributed by atoms with van der Waals surface area (Å²) in [7, 11) is 3.52. The summed E-state index contributed by atoms with van der Waals surface area (Å²) in [6.07, 6.45) is 5.18. The largest absolute Gasteiger partial charge is 0.372 e. The number of hydrogen-bond acceptors (Lipinski definition) is 6. The minimum Gasteiger partial charge on any atom is -0.372 e. The molecule has 100 valence electrons. The smallest absolute Gasteiger partial charge is 0.271 e. The lowest BCUT2D eigenvalue weighted by molar-refractivity contribution is 0.0948. The minimum atomic E-state index is -0.263. The molecule has 2 aromatic heterocycles. The van der Waals surface area contributed by atoms with E-state index in [1.54, 1.807) is 31.3 Å². The van der Waals surface area contributed by atoms with Gasteiger partial charge in [-0.3, -0.25) is 14.5 Å². The Morgan fingerprint density at radius 1 is 1.42 bits per heavy atom. The molecule has 2 rings (SSSR count). The van der Waals surface area contributed by atoms with Gasteiger partial charge in [0, 0.05) is 27.1 Å². The van der Waals surface area contributed by atoms with Crippen molar-refractivity contribution in [1.29, 1.82) is 0 Å². The van der Waals surface area contributed by atoms with Crippen molar-refractivity contribution in [2.24, 2.45) is 7.05 Å². The van der Waals surface area contributed by atoms with Crippen molar-refractivity contribution in [3.63, 3.8) is 0 Å². The highest BCUT2D eigenvalue weighted by molar-refractivity contribution is 5.92. The van der Waals surface area contributed by atoms with Crippen LogP contribution in [-0.2, 0) is 13.5 Å². The van der Waals surface area contributed by atoms with Crippen molar-refractivity contribution in [3.05, 3.63) is 30.2 Å². The zero-order valence-corrected chi connectivity index (χ0v) is 10.8. The highest BCUT2D eigenvalue weighted by Crippen LogP contribution is 2.00. The molecule has 0 spiro atoms. The van der Waals surface area contributed by atoms with Gasteiger partial charge >= 0.3 is 0 Å². The van der Waals surface area contributed by atoms with Crippen LogP contribution in [0, 0.1) is 0 Å². The van der Waals surface area contributed by atoms with Gasteiger partial charge < -0.3 is 10.6 Å². The van der Waals surface area contributed by atoms with Crippen molar-refractivity contribution in [3.8, 4) is 0 Å². The van der Waals surface area contributed by atoms with Crippen molar-refractivity contribution in [2.75, 3.05) is 18.9 Å². The molecule has 1 amide bonds. The highest BCUT2D eigenvalue weighted by Gasteiger charge is 2.08. The first-order valence-electron chi connectivity index (χ1n) is 5.81. The van der Waals surface area contributed by atoms with E-state index in [0.717, 1.165) is 0 Å². The number of aryl methyl sites for hydroxylation is 1. The van der Waals surface area contributed by atoms with Crippen LogP contribution in [0.2, 0.25) is 0 Å². The molecule has 0 atom stereocenters. The van der Waals surface area contributed by atoms with Crippen LogP contribution in [0.15, 0.2) is 18.7 Å². The van der Waals surface area contributed by atoms with Gasteiger partial charge in [0.25, 0.3) is 5.91 Å². The molecule has 8 heteroatoms. The lowest BCUT2D eigenvalue weighted by Gasteiger charge is -2.04. The fourth-order valence-electron chi connectivity index (χ4n) is 1.47. The highest BCUT2D eigenvalue weighted by atomic mass is 16.1. The fourth-order valence-corrected chi connectivity index (χ4v) is 1.47. The zero-order chi connectivity index (χ0) is 13.7. The Bertz CT molecular complexity index is 566.